The van der Waals surface area contributed by atoms with E-state index in [-0.39, 0.29) is 0 Å². The lowest BCUT2D eigenvalue weighted by molar-refractivity contribution is -0.692. The molecular formula is C19H16N6S2. The SMILES string of the molecule is [c-]1n(-c2cccs2)cc[n+]1Cc1cc(C[n+]2[c-]n(-c3cccs3)cc2)[nH]n1. The van der Waals surface area contributed by atoms with Crippen LogP contribution < -0.4 is 9.13 Å². The Morgan fingerprint density at radius 1 is 0.926 bits per heavy atom. The quantitative estimate of drug-likeness (QED) is 0.350. The van der Waals surface area contributed by atoms with Crippen molar-refractivity contribution in [2.75, 3.05) is 0 Å². The molecule has 0 spiro atoms. The van der Waals surface area contributed by atoms with E-state index in [0.717, 1.165) is 21.4 Å². The molecule has 0 unspecified atom stereocenters. The van der Waals surface area contributed by atoms with Gasteiger partial charge >= 0.3 is 0 Å². The zero-order valence-electron chi connectivity index (χ0n) is 14.3. The van der Waals surface area contributed by atoms with E-state index in [0.29, 0.717) is 13.1 Å². The molecule has 0 aliphatic rings. The molecule has 0 saturated carbocycles. The first-order valence-electron chi connectivity index (χ1n) is 8.45. The number of H-pyrrole nitrogens is 1. The van der Waals surface area contributed by atoms with E-state index in [2.05, 4.69) is 51.8 Å². The second-order valence-corrected chi connectivity index (χ2v) is 7.93. The Bertz CT molecular complexity index is 1040. The number of aromatic amines is 1. The van der Waals surface area contributed by atoms with Crippen molar-refractivity contribution in [2.24, 2.45) is 0 Å². The first kappa shape index (κ1) is 16.2. The van der Waals surface area contributed by atoms with Crippen LogP contribution >= 0.6 is 22.7 Å². The molecule has 0 aliphatic heterocycles. The summed E-state index contributed by atoms with van der Waals surface area (Å²) in [7, 11) is 0. The van der Waals surface area contributed by atoms with Crippen LogP contribution in [0.1, 0.15) is 11.4 Å². The Hall–Kier alpha value is -2.97. The fraction of sp³-hybridized carbons (Fsp3) is 0.105. The van der Waals surface area contributed by atoms with Gasteiger partial charge in [-0.1, -0.05) is 12.1 Å². The van der Waals surface area contributed by atoms with Crippen molar-refractivity contribution in [3.8, 4) is 10.0 Å². The maximum atomic E-state index is 4.43. The van der Waals surface area contributed by atoms with Crippen LogP contribution in [0.15, 0.2) is 65.9 Å². The van der Waals surface area contributed by atoms with Crippen LogP contribution in [0.4, 0.5) is 0 Å². The van der Waals surface area contributed by atoms with E-state index in [1.54, 1.807) is 22.7 Å². The van der Waals surface area contributed by atoms with Crippen LogP contribution in [0.5, 0.6) is 0 Å². The van der Waals surface area contributed by atoms with Crippen LogP contribution in [0.2, 0.25) is 0 Å². The highest BCUT2D eigenvalue weighted by Gasteiger charge is 2.08. The van der Waals surface area contributed by atoms with Crippen molar-refractivity contribution in [2.45, 2.75) is 13.1 Å². The number of aromatic nitrogens is 6. The van der Waals surface area contributed by atoms with E-state index in [1.165, 1.54) is 0 Å². The Kier molecular flexibility index (Phi) is 4.19. The summed E-state index contributed by atoms with van der Waals surface area (Å²) in [5.41, 5.74) is 2.03. The number of hydrogen-bond acceptors (Lipinski definition) is 3. The number of imidazole rings is 2. The summed E-state index contributed by atoms with van der Waals surface area (Å²) in [6, 6.07) is 10.3. The minimum absolute atomic E-state index is 0.680. The first-order valence-corrected chi connectivity index (χ1v) is 10.2. The first-order chi connectivity index (χ1) is 13.3. The van der Waals surface area contributed by atoms with E-state index in [4.69, 9.17) is 0 Å². The summed E-state index contributed by atoms with van der Waals surface area (Å²) in [5.74, 6) is 0. The molecular weight excluding hydrogens is 376 g/mol. The minimum Gasteiger partial charge on any atom is -0.318 e. The lowest BCUT2D eigenvalue weighted by Gasteiger charge is -1.97. The number of thiophene rings is 2. The summed E-state index contributed by atoms with van der Waals surface area (Å²) >= 11 is 3.38. The third-order valence-corrected chi connectivity index (χ3v) is 5.84. The van der Waals surface area contributed by atoms with Crippen molar-refractivity contribution >= 4 is 22.7 Å². The molecule has 0 radical (unpaired) electrons. The van der Waals surface area contributed by atoms with Gasteiger partial charge in [0.2, 0.25) is 12.7 Å². The number of rotatable bonds is 6. The summed E-state index contributed by atoms with van der Waals surface area (Å²) in [4.78, 5) is 0. The van der Waals surface area contributed by atoms with Gasteiger partial charge in [0.25, 0.3) is 0 Å². The molecule has 5 heterocycles. The van der Waals surface area contributed by atoms with E-state index < -0.39 is 0 Å². The molecule has 5 rings (SSSR count). The van der Waals surface area contributed by atoms with Gasteiger partial charge in [-0.2, -0.15) is 27.8 Å². The van der Waals surface area contributed by atoms with Crippen LogP contribution in [-0.2, 0) is 13.1 Å². The topological polar surface area (TPSA) is 46.3 Å². The number of nitrogens with zero attached hydrogens (tertiary/aromatic N) is 5. The Morgan fingerprint density at radius 2 is 1.56 bits per heavy atom. The lowest BCUT2D eigenvalue weighted by Crippen LogP contribution is -2.32. The van der Waals surface area contributed by atoms with Gasteiger partial charge in [-0.25, -0.2) is 0 Å². The molecule has 0 amide bonds. The van der Waals surface area contributed by atoms with E-state index >= 15 is 0 Å². The molecule has 0 aromatic carbocycles. The Balaban J connectivity index is 1.26. The minimum atomic E-state index is 0.680. The van der Waals surface area contributed by atoms with Gasteiger partial charge in [0, 0.05) is 24.8 Å². The van der Waals surface area contributed by atoms with Gasteiger partial charge < -0.3 is 18.3 Å². The number of hydrogen-bond donors (Lipinski definition) is 1. The van der Waals surface area contributed by atoms with Crippen molar-refractivity contribution in [3.63, 3.8) is 0 Å². The van der Waals surface area contributed by atoms with Gasteiger partial charge in [-0.3, -0.25) is 5.10 Å². The standard InChI is InChI=1S/C19H16N6S2/c1-3-18(26-9-1)24-7-5-22(14-24)12-16-11-17(21-20-16)13-23-6-8-25(15-23)19-4-2-10-27-19/h1-11H,12-13H2,(H,20,21). The average Bonchev–Trinajstić information content (AvgIpc) is 3.47. The molecule has 5 aromatic rings. The summed E-state index contributed by atoms with van der Waals surface area (Å²) in [6.45, 7) is 1.38. The maximum absolute atomic E-state index is 4.43. The predicted molar refractivity (Wildman–Crippen MR) is 102 cm³/mol. The summed E-state index contributed by atoms with van der Waals surface area (Å²) in [6.07, 6.45) is 14.7. The molecule has 8 heteroatoms. The molecule has 134 valence electrons. The Labute approximate surface area is 164 Å². The average molecular weight is 393 g/mol. The normalized spacial score (nSPS) is 11.3. The molecule has 0 fully saturated rings. The molecule has 6 nitrogen and oxygen atoms in total. The molecule has 1 N–H and O–H groups in total. The molecule has 5 aromatic heterocycles. The molecule has 0 saturated heterocycles. The lowest BCUT2D eigenvalue weighted by atomic mass is 10.3. The van der Waals surface area contributed by atoms with Gasteiger partial charge in [0.15, 0.2) is 0 Å². The van der Waals surface area contributed by atoms with Gasteiger partial charge in [-0.05, 0) is 29.0 Å². The van der Waals surface area contributed by atoms with Crippen LogP contribution in [-0.4, -0.2) is 19.3 Å². The van der Waals surface area contributed by atoms with E-state index in [1.807, 2.05) is 55.2 Å². The molecule has 0 bridgehead atoms. The van der Waals surface area contributed by atoms with Crippen molar-refractivity contribution in [1.82, 2.24) is 19.3 Å². The largest absolute Gasteiger partial charge is 0.318 e. The summed E-state index contributed by atoms with van der Waals surface area (Å²) in [5, 5.41) is 14.0. The fourth-order valence-corrected chi connectivity index (χ4v) is 4.21. The van der Waals surface area contributed by atoms with Gasteiger partial charge in [-0.15, -0.1) is 0 Å². The third kappa shape index (κ3) is 3.49. The van der Waals surface area contributed by atoms with Crippen LogP contribution in [0.25, 0.3) is 10.0 Å². The zero-order valence-corrected chi connectivity index (χ0v) is 16.0. The van der Waals surface area contributed by atoms with E-state index in [9.17, 15) is 0 Å². The van der Waals surface area contributed by atoms with Crippen LogP contribution in [0, 0.1) is 12.7 Å². The van der Waals surface area contributed by atoms with Crippen LogP contribution in [0.3, 0.4) is 0 Å². The molecule has 27 heavy (non-hydrogen) atoms. The smallest absolute Gasteiger partial charge is 0.244 e. The second-order valence-electron chi connectivity index (χ2n) is 6.08. The monoisotopic (exact) mass is 392 g/mol. The highest BCUT2D eigenvalue weighted by Crippen LogP contribution is 2.14. The Morgan fingerprint density at radius 3 is 2.15 bits per heavy atom. The van der Waals surface area contributed by atoms with Gasteiger partial charge in [0.1, 0.15) is 28.8 Å². The zero-order chi connectivity index (χ0) is 18.1. The third-order valence-electron chi connectivity index (χ3n) is 4.11. The molecule has 0 aliphatic carbocycles. The van der Waals surface area contributed by atoms with Crippen molar-refractivity contribution in [3.05, 3.63) is 89.9 Å². The highest BCUT2D eigenvalue weighted by atomic mass is 32.1. The van der Waals surface area contributed by atoms with Gasteiger partial charge in [0.05, 0.1) is 5.69 Å². The highest BCUT2D eigenvalue weighted by molar-refractivity contribution is 7.12. The predicted octanol–water partition coefficient (Wildman–Crippen LogP) is 2.39. The second kappa shape index (κ2) is 6.98. The van der Waals surface area contributed by atoms with Crippen molar-refractivity contribution in [1.29, 1.82) is 0 Å². The summed E-state index contributed by atoms with van der Waals surface area (Å²) < 4.78 is 8.02. The maximum Gasteiger partial charge on any atom is 0.244 e. The molecule has 0 atom stereocenters. The fourth-order valence-electron chi connectivity index (χ4n) is 2.87. The number of nitrogens with one attached hydrogen (secondary N) is 1. The van der Waals surface area contributed by atoms with Crippen molar-refractivity contribution < 1.29 is 9.13 Å².